The highest BCUT2D eigenvalue weighted by molar-refractivity contribution is 5.77. The molecule has 0 radical (unpaired) electrons. The van der Waals surface area contributed by atoms with E-state index in [2.05, 4.69) is 16.0 Å². The first-order valence-electron chi connectivity index (χ1n) is 29.3. The van der Waals surface area contributed by atoms with E-state index in [0.29, 0.717) is 0 Å². The molecule has 25 N–H and O–H groups in total. The minimum atomic E-state index is -3.23. The van der Waals surface area contributed by atoms with E-state index in [9.17, 15) is 132 Å². The van der Waals surface area contributed by atoms with E-state index < -0.39 is 297 Å². The summed E-state index contributed by atoms with van der Waals surface area (Å²) in [7, 11) is 0. The Kier molecular flexibility index (Phi) is 27.2. The molecule has 7 rings (SSSR count). The van der Waals surface area contributed by atoms with Crippen molar-refractivity contribution in [3.8, 4) is 0 Å². The molecular formula is C51H85N3O39. The van der Waals surface area contributed by atoms with Crippen molar-refractivity contribution in [1.82, 2.24) is 16.0 Å². The fourth-order valence-electron chi connectivity index (χ4n) is 11.9. The molecule has 42 nitrogen and oxygen atoms in total. The Balaban J connectivity index is 1.10. The van der Waals surface area contributed by atoms with Crippen molar-refractivity contribution in [2.45, 2.75) is 248 Å². The van der Waals surface area contributed by atoms with Crippen LogP contribution in [-0.4, -0.2) is 403 Å². The van der Waals surface area contributed by atoms with Gasteiger partial charge in [0, 0.05) is 27.2 Å². The van der Waals surface area contributed by atoms with Crippen LogP contribution in [0.25, 0.3) is 0 Å². The van der Waals surface area contributed by atoms with Crippen LogP contribution in [0.1, 0.15) is 27.2 Å². The van der Waals surface area contributed by atoms with Crippen LogP contribution >= 0.6 is 0 Å². The lowest BCUT2D eigenvalue weighted by atomic mass is 9.88. The lowest BCUT2D eigenvalue weighted by Crippen LogP contribution is -2.71. The van der Waals surface area contributed by atoms with Crippen LogP contribution in [0.4, 0.5) is 0 Å². The third-order valence-electron chi connectivity index (χ3n) is 16.7. The number of hydrogen-bond acceptors (Lipinski definition) is 38. The Morgan fingerprint density at radius 1 is 0.419 bits per heavy atom. The first kappa shape index (κ1) is 76.9. The van der Waals surface area contributed by atoms with Crippen LogP contribution in [0.15, 0.2) is 0 Å². The van der Waals surface area contributed by atoms with Gasteiger partial charge in [-0.25, -0.2) is 4.79 Å². The summed E-state index contributed by atoms with van der Waals surface area (Å²) in [6.45, 7) is -4.82. The fraction of sp³-hybridized carbons (Fsp3) is 0.922. The number of nitrogens with one attached hydrogen (secondary N) is 3. The van der Waals surface area contributed by atoms with Gasteiger partial charge in [-0.15, -0.1) is 0 Å². The van der Waals surface area contributed by atoms with E-state index >= 15 is 0 Å². The number of aliphatic hydroxyl groups is 21. The van der Waals surface area contributed by atoms with Crippen molar-refractivity contribution in [1.29, 1.82) is 0 Å². The van der Waals surface area contributed by atoms with Crippen molar-refractivity contribution in [2.75, 3.05) is 46.2 Å². The Hall–Kier alpha value is -3.48. The van der Waals surface area contributed by atoms with Crippen LogP contribution in [0, 0.1) is 0 Å². The largest absolute Gasteiger partial charge is 0.477 e. The Morgan fingerprint density at radius 2 is 0.753 bits per heavy atom. The van der Waals surface area contributed by atoms with Gasteiger partial charge in [-0.1, -0.05) is 0 Å². The van der Waals surface area contributed by atoms with E-state index in [4.69, 9.17) is 61.6 Å². The molecular weight excluding hydrogens is 1280 g/mol. The summed E-state index contributed by atoms with van der Waals surface area (Å²) in [5.41, 5.74) is 0. The molecule has 0 aliphatic carbocycles. The molecule has 7 aliphatic heterocycles. The van der Waals surface area contributed by atoms with Crippen molar-refractivity contribution in [3.05, 3.63) is 0 Å². The summed E-state index contributed by atoms with van der Waals surface area (Å²) in [6.07, 6.45) is -67.1. The molecule has 538 valence electrons. The van der Waals surface area contributed by atoms with Gasteiger partial charge < -0.3 is 190 Å². The van der Waals surface area contributed by atoms with Gasteiger partial charge in [-0.2, -0.15) is 0 Å². The number of amides is 3. The highest BCUT2D eigenvalue weighted by atomic mass is 16.8. The maximum atomic E-state index is 13.1. The molecule has 42 heteroatoms. The van der Waals surface area contributed by atoms with E-state index in [-0.39, 0.29) is 0 Å². The smallest absolute Gasteiger partial charge is 0.364 e. The van der Waals surface area contributed by atoms with Crippen LogP contribution in [0.2, 0.25) is 0 Å². The number of ether oxygens (including phenoxy) is 13. The molecule has 0 unspecified atom stereocenters. The highest BCUT2D eigenvalue weighted by Gasteiger charge is 2.62. The minimum Gasteiger partial charge on any atom is -0.477 e. The summed E-state index contributed by atoms with van der Waals surface area (Å²) in [5, 5.41) is 246. The van der Waals surface area contributed by atoms with E-state index in [0.717, 1.165) is 20.8 Å². The molecule has 0 bridgehead atoms. The van der Waals surface area contributed by atoms with Crippen LogP contribution < -0.4 is 16.0 Å². The third-order valence-corrected chi connectivity index (χ3v) is 16.7. The first-order valence-corrected chi connectivity index (χ1v) is 29.3. The number of carboxylic acid groups (broad SMARTS) is 1. The van der Waals surface area contributed by atoms with E-state index in [1.807, 2.05) is 0 Å². The Morgan fingerprint density at radius 3 is 1.12 bits per heavy atom. The van der Waals surface area contributed by atoms with E-state index in [1.165, 1.54) is 0 Å². The van der Waals surface area contributed by atoms with Gasteiger partial charge in [0.05, 0.1) is 58.4 Å². The van der Waals surface area contributed by atoms with Gasteiger partial charge in [0.2, 0.25) is 17.7 Å². The van der Waals surface area contributed by atoms with Gasteiger partial charge in [0.15, 0.2) is 37.7 Å². The monoisotopic (exact) mass is 1360 g/mol. The van der Waals surface area contributed by atoms with Crippen LogP contribution in [0.3, 0.4) is 0 Å². The average molecular weight is 1360 g/mol. The number of carboxylic acids is 1. The normalized spacial score (nSPS) is 47.2. The fourth-order valence-corrected chi connectivity index (χ4v) is 11.9. The van der Waals surface area contributed by atoms with Gasteiger partial charge in [-0.3, -0.25) is 14.4 Å². The maximum Gasteiger partial charge on any atom is 0.364 e. The van der Waals surface area contributed by atoms with Gasteiger partial charge in [0.25, 0.3) is 5.79 Å². The number of aliphatic hydroxyl groups excluding tert-OH is 21. The first-order chi connectivity index (χ1) is 43.8. The standard InChI is InChI=1S/C51H85N3O39/c1-12(62)52-23-15(65)4-51(50(79)80,92-40(23)26(67)16(66)5-55)93-43-29(70)19(8-58)84-49(36(43)77)88-38-22(11-61)86-46(25(31(38)72)54-14(3)64)90-41-27(68)17(6-56)82-47(34(41)75)87-37-21(10-60)85-45(24(30(37)71)53-13(2)63)91-42-28(69)18(7-57)83-48(35(42)76)89-39-20(9-59)81-44(78)33(74)32(39)73/h15-49,55-61,65-78H,4-11H2,1-3H3,(H,52,62)(H,53,63)(H,54,64)(H,79,80)/t15-,16+,17+,18+,19+,20+,21+,22+,23+,24+,25+,26+,27-,28-,29-,30+,31+,32+,33+,34+,35+,36+,37+,38+,39+,40+,41-,42-,43-,44-,45-,46-,47-,48-,49-,51-/m0/s1. The average Bonchev–Trinajstić information content (AvgIpc) is 0.771. The molecule has 0 aromatic carbocycles. The summed E-state index contributed by atoms with van der Waals surface area (Å²) in [5.74, 6) is -8.04. The highest BCUT2D eigenvalue weighted by Crippen LogP contribution is 2.41. The topological polar surface area (TPSA) is 669 Å². The van der Waals surface area contributed by atoms with E-state index in [1.54, 1.807) is 0 Å². The molecule has 0 aromatic rings. The molecule has 7 aliphatic rings. The maximum absolute atomic E-state index is 13.1. The summed E-state index contributed by atoms with van der Waals surface area (Å²) < 4.78 is 74.5. The van der Waals surface area contributed by atoms with Gasteiger partial charge in [-0.05, 0) is 0 Å². The summed E-state index contributed by atoms with van der Waals surface area (Å²) in [4.78, 5) is 50.7. The molecule has 0 spiro atoms. The minimum absolute atomic E-state index is 0.843. The zero-order valence-electron chi connectivity index (χ0n) is 49.6. The molecule has 36 atom stereocenters. The second-order valence-electron chi connectivity index (χ2n) is 23.2. The number of aliphatic carboxylic acids is 1. The quantitative estimate of drug-likeness (QED) is 0.0404. The summed E-state index contributed by atoms with van der Waals surface area (Å²) in [6, 6.07) is -5.50. The van der Waals surface area contributed by atoms with Crippen molar-refractivity contribution in [3.63, 3.8) is 0 Å². The molecule has 0 saturated carbocycles. The Labute approximate surface area is 525 Å². The zero-order valence-corrected chi connectivity index (χ0v) is 49.6. The van der Waals surface area contributed by atoms with Crippen molar-refractivity contribution in [2.24, 2.45) is 0 Å². The second kappa shape index (κ2) is 32.9. The molecule has 7 saturated heterocycles. The molecule has 3 amide bonds. The Bertz CT molecular complexity index is 2420. The lowest BCUT2D eigenvalue weighted by Gasteiger charge is -2.51. The lowest BCUT2D eigenvalue weighted by molar-refractivity contribution is -0.391. The number of rotatable bonds is 25. The number of carbonyl (C=O) groups is 4. The third kappa shape index (κ3) is 16.6. The van der Waals surface area contributed by atoms with Crippen molar-refractivity contribution >= 4 is 23.7 Å². The van der Waals surface area contributed by atoms with Crippen LogP contribution in [0.5, 0.6) is 0 Å². The number of carbonyl (C=O) groups excluding carboxylic acids is 3. The second-order valence-corrected chi connectivity index (χ2v) is 23.2. The predicted octanol–water partition coefficient (Wildman–Crippen LogP) is -16.6. The summed E-state index contributed by atoms with van der Waals surface area (Å²) >= 11 is 0. The van der Waals surface area contributed by atoms with Gasteiger partial charge in [0.1, 0.15) is 165 Å². The molecule has 93 heavy (non-hydrogen) atoms. The molecule has 0 aromatic heterocycles. The SMILES string of the molecule is CC(=O)N[C@H]1[C@H](O[C@H]2[C@@H](O)[C@@H](CO)O[C@@H](O[C@H]3[C@H](O)[C@@H](O)[C@@H](O)O[C@@H]3CO)[C@@H]2O)O[C@H](CO)[C@@H](O[C@@H]2O[C@H](CO)[C@H](O)[C@H](O[C@@H]3O[C@H](CO)[C@@H](O[C@@H]4O[C@H](CO)[C@H](O)[C@H](O[C@]5(C(=O)O)C[C@H](O)[C@@H](NC(C)=O)[C@H]([C@H](O)[C@H](O)CO)O5)[C@H]4O)[C@H](O)[C@H]3NC(C)=O)[C@H]2O)[C@@H]1O. The molecule has 7 heterocycles. The number of hydrogen-bond donors (Lipinski definition) is 25. The predicted molar refractivity (Wildman–Crippen MR) is 284 cm³/mol. The van der Waals surface area contributed by atoms with Gasteiger partial charge >= 0.3 is 5.97 Å². The van der Waals surface area contributed by atoms with Crippen LogP contribution in [-0.2, 0) is 80.8 Å². The zero-order chi connectivity index (χ0) is 69.0. The van der Waals surface area contributed by atoms with Crippen molar-refractivity contribution < 1.29 is 193 Å². The molecule has 7 fully saturated rings.